The van der Waals surface area contributed by atoms with Crippen LogP contribution in [0.1, 0.15) is 5.56 Å². The topological polar surface area (TPSA) is 139 Å². The van der Waals surface area contributed by atoms with E-state index in [0.717, 1.165) is 30.3 Å². The molecule has 150 valence electrons. The summed E-state index contributed by atoms with van der Waals surface area (Å²) in [7, 11) is -4.15. The predicted octanol–water partition coefficient (Wildman–Crippen LogP) is 2.57. The Morgan fingerprint density at radius 3 is 2.43 bits per heavy atom. The van der Waals surface area contributed by atoms with Gasteiger partial charge in [-0.25, -0.2) is 13.6 Å². The van der Waals surface area contributed by atoms with Crippen molar-refractivity contribution in [1.82, 2.24) is 5.43 Å². The van der Waals surface area contributed by atoms with Crippen molar-refractivity contribution in [2.24, 2.45) is 5.14 Å². The molecule has 2 rings (SSSR count). The largest absolute Gasteiger partial charge is 0.416 e. The number of nitro groups is 1. The number of benzene rings is 2. The van der Waals surface area contributed by atoms with Gasteiger partial charge < -0.3 is 5.32 Å². The molecule has 0 atom stereocenters. The summed E-state index contributed by atoms with van der Waals surface area (Å²) < 4.78 is 60.7. The van der Waals surface area contributed by atoms with Crippen LogP contribution in [-0.2, 0) is 16.2 Å². The van der Waals surface area contributed by atoms with Crippen molar-refractivity contribution in [2.45, 2.75) is 11.1 Å². The lowest BCUT2D eigenvalue weighted by Gasteiger charge is -2.14. The third-order valence-corrected chi connectivity index (χ3v) is 4.37. The SMILES string of the molecule is NS(=O)(=O)c1ccc(NNC(=S)Nc2cccc(C(F)(F)F)c2)c([N+](=O)[O-])c1. The third kappa shape index (κ3) is 5.51. The average Bonchev–Trinajstić information content (AvgIpc) is 2.58. The van der Waals surface area contributed by atoms with E-state index >= 15 is 0 Å². The number of alkyl halides is 3. The lowest BCUT2D eigenvalue weighted by molar-refractivity contribution is -0.384. The summed E-state index contributed by atoms with van der Waals surface area (Å²) >= 11 is 4.91. The maximum atomic E-state index is 12.7. The molecule has 9 nitrogen and oxygen atoms in total. The third-order valence-electron chi connectivity index (χ3n) is 3.25. The van der Waals surface area contributed by atoms with Crippen LogP contribution >= 0.6 is 12.2 Å². The number of hydrazine groups is 1. The van der Waals surface area contributed by atoms with Gasteiger partial charge in [0.05, 0.1) is 15.4 Å². The zero-order valence-electron chi connectivity index (χ0n) is 13.6. The lowest BCUT2D eigenvalue weighted by atomic mass is 10.2. The minimum absolute atomic E-state index is 0.0354. The number of anilines is 2. The molecule has 0 spiro atoms. The fraction of sp³-hybridized carbons (Fsp3) is 0.0714. The van der Waals surface area contributed by atoms with E-state index in [2.05, 4.69) is 16.2 Å². The molecule has 0 unspecified atom stereocenters. The van der Waals surface area contributed by atoms with Crippen LogP contribution in [0.15, 0.2) is 47.4 Å². The summed E-state index contributed by atoms with van der Waals surface area (Å²) in [5, 5.41) is 18.3. The Balaban J connectivity index is 2.12. The number of nitro benzene ring substituents is 1. The van der Waals surface area contributed by atoms with Crippen LogP contribution in [0.4, 0.5) is 30.2 Å². The van der Waals surface area contributed by atoms with E-state index < -0.39 is 37.3 Å². The highest BCUT2D eigenvalue weighted by atomic mass is 32.2. The van der Waals surface area contributed by atoms with Crippen molar-refractivity contribution in [3.05, 3.63) is 58.1 Å². The number of nitrogens with two attached hydrogens (primary N) is 1. The van der Waals surface area contributed by atoms with E-state index in [1.807, 2.05) is 0 Å². The average molecular weight is 435 g/mol. The summed E-state index contributed by atoms with van der Waals surface area (Å²) in [6, 6.07) is 7.11. The zero-order valence-corrected chi connectivity index (χ0v) is 15.3. The summed E-state index contributed by atoms with van der Waals surface area (Å²) in [5.41, 5.74) is 3.14. The van der Waals surface area contributed by atoms with Crippen molar-refractivity contribution in [1.29, 1.82) is 0 Å². The Morgan fingerprint density at radius 1 is 1.18 bits per heavy atom. The minimum Gasteiger partial charge on any atom is -0.331 e. The summed E-state index contributed by atoms with van der Waals surface area (Å²) in [6.45, 7) is 0. The Bertz CT molecular complexity index is 1030. The lowest BCUT2D eigenvalue weighted by Crippen LogP contribution is -2.33. The van der Waals surface area contributed by atoms with Crippen LogP contribution in [0.25, 0.3) is 0 Å². The fourth-order valence-electron chi connectivity index (χ4n) is 2.00. The molecule has 0 aliphatic heterocycles. The van der Waals surface area contributed by atoms with Gasteiger partial charge in [-0.15, -0.1) is 0 Å². The van der Waals surface area contributed by atoms with Crippen LogP contribution in [0.2, 0.25) is 0 Å². The Labute approximate surface area is 161 Å². The van der Waals surface area contributed by atoms with Crippen molar-refractivity contribution in [3.8, 4) is 0 Å². The summed E-state index contributed by atoms with van der Waals surface area (Å²) in [4.78, 5) is 9.81. The Hall–Kier alpha value is -2.97. The predicted molar refractivity (Wildman–Crippen MR) is 98.9 cm³/mol. The number of nitrogens with one attached hydrogen (secondary N) is 3. The number of hydrogen-bond acceptors (Lipinski definition) is 6. The highest BCUT2D eigenvalue weighted by Crippen LogP contribution is 2.30. The maximum Gasteiger partial charge on any atom is 0.416 e. The van der Waals surface area contributed by atoms with E-state index in [-0.39, 0.29) is 16.5 Å². The molecular weight excluding hydrogens is 423 g/mol. The first-order chi connectivity index (χ1) is 12.9. The molecule has 0 radical (unpaired) electrons. The standard InChI is InChI=1S/C14H12F3N5O4S2/c15-14(16,17)8-2-1-3-9(6-8)19-13(27)21-20-11-5-4-10(28(18,25)26)7-12(11)22(23)24/h1-7,20H,(H2,18,25,26)(H2,19,21,27). The molecule has 0 saturated heterocycles. The van der Waals surface area contributed by atoms with Crippen molar-refractivity contribution >= 4 is 44.4 Å². The molecule has 14 heteroatoms. The van der Waals surface area contributed by atoms with E-state index in [1.54, 1.807) is 0 Å². The second-order valence-corrected chi connectivity index (χ2v) is 7.23. The molecular formula is C14H12F3N5O4S2. The van der Waals surface area contributed by atoms with Gasteiger partial charge in [0.15, 0.2) is 5.11 Å². The van der Waals surface area contributed by atoms with E-state index in [9.17, 15) is 31.7 Å². The second kappa shape index (κ2) is 7.95. The fourth-order valence-corrected chi connectivity index (χ4v) is 2.71. The monoisotopic (exact) mass is 435 g/mol. The number of rotatable bonds is 5. The first kappa shape index (κ1) is 21.3. The van der Waals surface area contributed by atoms with Gasteiger partial charge in [-0.3, -0.25) is 21.0 Å². The molecule has 0 heterocycles. The van der Waals surface area contributed by atoms with Crippen LogP contribution in [0.3, 0.4) is 0 Å². The van der Waals surface area contributed by atoms with Gasteiger partial charge in [-0.1, -0.05) is 6.07 Å². The van der Waals surface area contributed by atoms with Crippen LogP contribution < -0.4 is 21.3 Å². The highest BCUT2D eigenvalue weighted by Gasteiger charge is 2.30. The molecule has 0 aromatic heterocycles. The van der Waals surface area contributed by atoms with Gasteiger partial charge in [-0.05, 0) is 42.5 Å². The Morgan fingerprint density at radius 2 is 1.86 bits per heavy atom. The van der Waals surface area contributed by atoms with Gasteiger partial charge in [-0.2, -0.15) is 13.2 Å². The molecule has 2 aromatic rings. The van der Waals surface area contributed by atoms with Crippen LogP contribution in [-0.4, -0.2) is 18.5 Å². The molecule has 0 amide bonds. The highest BCUT2D eigenvalue weighted by molar-refractivity contribution is 7.89. The molecule has 0 aliphatic carbocycles. The van der Waals surface area contributed by atoms with Gasteiger partial charge >= 0.3 is 6.18 Å². The molecule has 0 bridgehead atoms. The number of hydrogen-bond donors (Lipinski definition) is 4. The number of halogens is 3. The van der Waals surface area contributed by atoms with Gasteiger partial charge in [0.25, 0.3) is 5.69 Å². The van der Waals surface area contributed by atoms with Crippen LogP contribution in [0, 0.1) is 10.1 Å². The number of nitrogens with zero attached hydrogens (tertiary/aromatic N) is 1. The first-order valence-electron chi connectivity index (χ1n) is 7.19. The smallest absolute Gasteiger partial charge is 0.331 e. The summed E-state index contributed by atoms with van der Waals surface area (Å²) in [5.74, 6) is 0. The van der Waals surface area contributed by atoms with E-state index in [1.165, 1.54) is 12.1 Å². The van der Waals surface area contributed by atoms with Crippen molar-refractivity contribution in [2.75, 3.05) is 10.7 Å². The minimum atomic E-state index is -4.53. The van der Waals surface area contributed by atoms with E-state index in [0.29, 0.717) is 0 Å². The van der Waals surface area contributed by atoms with Gasteiger partial charge in [0.2, 0.25) is 10.0 Å². The van der Waals surface area contributed by atoms with Crippen molar-refractivity contribution < 1.29 is 26.5 Å². The van der Waals surface area contributed by atoms with Crippen molar-refractivity contribution in [3.63, 3.8) is 0 Å². The number of primary sulfonamides is 1. The molecule has 5 N–H and O–H groups in total. The quantitative estimate of drug-likeness (QED) is 0.319. The first-order valence-corrected chi connectivity index (χ1v) is 9.15. The summed E-state index contributed by atoms with van der Waals surface area (Å²) in [6.07, 6.45) is -4.53. The molecule has 0 aliphatic rings. The van der Waals surface area contributed by atoms with Crippen LogP contribution in [0.5, 0.6) is 0 Å². The maximum absolute atomic E-state index is 12.7. The number of thiocarbonyl (C=S) groups is 1. The Kier molecular flexibility index (Phi) is 6.06. The normalized spacial score (nSPS) is 11.6. The van der Waals surface area contributed by atoms with E-state index in [4.69, 9.17) is 17.4 Å². The van der Waals surface area contributed by atoms with Gasteiger partial charge in [0.1, 0.15) is 5.69 Å². The molecule has 0 saturated carbocycles. The molecule has 2 aromatic carbocycles. The molecule has 28 heavy (non-hydrogen) atoms. The number of sulfonamides is 1. The van der Waals surface area contributed by atoms with Gasteiger partial charge in [0, 0.05) is 11.8 Å². The zero-order chi connectivity index (χ0) is 21.1. The molecule has 0 fully saturated rings. The second-order valence-electron chi connectivity index (χ2n) is 5.26.